The van der Waals surface area contributed by atoms with E-state index in [1.165, 1.54) is 0 Å². The first-order valence-electron chi connectivity index (χ1n) is 6.43. The molecule has 0 spiro atoms. The first-order valence-corrected chi connectivity index (χ1v) is 8.42. The van der Waals surface area contributed by atoms with Gasteiger partial charge in [-0.25, -0.2) is 0 Å². The fourth-order valence-corrected chi connectivity index (χ4v) is 2.54. The fourth-order valence-electron chi connectivity index (χ4n) is 1.78. The number of ether oxygens (including phenoxy) is 2. The molecule has 1 rings (SSSR count). The third-order valence-corrected chi connectivity index (χ3v) is 4.77. The van der Waals surface area contributed by atoms with E-state index in [-0.39, 0.29) is 5.25 Å². The summed E-state index contributed by atoms with van der Waals surface area (Å²) in [6.07, 6.45) is 2.61. The van der Waals surface area contributed by atoms with E-state index in [0.717, 1.165) is 18.5 Å². The molecule has 0 radical (unpaired) electrons. The standard InChI is InChI=1S/C14H22ClNO3S/c1-10(20(4)17)5-6-16-9-11-7-12(15)14(19-3)13(8-11)18-2/h7-8,10,16H,5-6,9H2,1-4H3. The van der Waals surface area contributed by atoms with E-state index in [2.05, 4.69) is 5.32 Å². The Labute approximate surface area is 128 Å². The van der Waals surface area contributed by atoms with Gasteiger partial charge in [-0.05, 0) is 30.7 Å². The zero-order valence-corrected chi connectivity index (χ0v) is 13.9. The summed E-state index contributed by atoms with van der Waals surface area (Å²) in [6.45, 7) is 3.49. The Morgan fingerprint density at radius 3 is 2.60 bits per heavy atom. The molecule has 20 heavy (non-hydrogen) atoms. The molecule has 114 valence electrons. The summed E-state index contributed by atoms with van der Waals surface area (Å²) in [5.74, 6) is 1.17. The van der Waals surface area contributed by atoms with Gasteiger partial charge in [0.2, 0.25) is 0 Å². The molecule has 0 bridgehead atoms. The van der Waals surface area contributed by atoms with Crippen LogP contribution < -0.4 is 14.8 Å². The van der Waals surface area contributed by atoms with Crippen LogP contribution >= 0.6 is 11.6 Å². The summed E-state index contributed by atoms with van der Waals surface area (Å²) in [6, 6.07) is 3.76. The minimum Gasteiger partial charge on any atom is -0.493 e. The average molecular weight is 320 g/mol. The van der Waals surface area contributed by atoms with Gasteiger partial charge in [0.25, 0.3) is 0 Å². The molecule has 0 aliphatic rings. The van der Waals surface area contributed by atoms with Crippen molar-refractivity contribution >= 4 is 22.4 Å². The number of hydrogen-bond donors (Lipinski definition) is 1. The van der Waals surface area contributed by atoms with Crippen LogP contribution in [0.15, 0.2) is 12.1 Å². The monoisotopic (exact) mass is 319 g/mol. The van der Waals surface area contributed by atoms with Gasteiger partial charge in [0.05, 0.1) is 19.2 Å². The average Bonchev–Trinajstić information content (AvgIpc) is 2.42. The molecule has 1 aromatic rings. The molecule has 2 unspecified atom stereocenters. The fraction of sp³-hybridized carbons (Fsp3) is 0.571. The van der Waals surface area contributed by atoms with E-state index in [1.54, 1.807) is 20.5 Å². The van der Waals surface area contributed by atoms with Crippen LogP contribution in [0.3, 0.4) is 0 Å². The van der Waals surface area contributed by atoms with Crippen LogP contribution in [0.1, 0.15) is 18.9 Å². The Balaban J connectivity index is 2.56. The zero-order chi connectivity index (χ0) is 15.1. The van der Waals surface area contributed by atoms with Crippen molar-refractivity contribution in [2.24, 2.45) is 0 Å². The first-order chi connectivity index (χ1) is 9.49. The van der Waals surface area contributed by atoms with Crippen molar-refractivity contribution in [3.05, 3.63) is 22.7 Å². The van der Waals surface area contributed by atoms with E-state index in [1.807, 2.05) is 19.1 Å². The lowest BCUT2D eigenvalue weighted by molar-refractivity contribution is 0.354. The van der Waals surface area contributed by atoms with Crippen molar-refractivity contribution < 1.29 is 13.7 Å². The maximum Gasteiger partial charge on any atom is 0.179 e. The van der Waals surface area contributed by atoms with Gasteiger partial charge >= 0.3 is 0 Å². The third-order valence-electron chi connectivity index (χ3n) is 3.12. The van der Waals surface area contributed by atoms with Crippen molar-refractivity contribution in [2.45, 2.75) is 25.1 Å². The van der Waals surface area contributed by atoms with Crippen LogP contribution in [0, 0.1) is 0 Å². The Hall–Kier alpha value is -0.780. The normalized spacial score (nSPS) is 13.8. The summed E-state index contributed by atoms with van der Waals surface area (Å²) in [7, 11) is 2.38. The van der Waals surface area contributed by atoms with E-state index in [4.69, 9.17) is 21.1 Å². The molecule has 0 saturated heterocycles. The number of halogens is 1. The van der Waals surface area contributed by atoms with E-state index in [0.29, 0.717) is 23.1 Å². The Kier molecular flexibility index (Phi) is 7.34. The SMILES string of the molecule is COc1cc(CNCCC(C)S(C)=O)cc(Cl)c1OC. The minimum absolute atomic E-state index is 0.205. The summed E-state index contributed by atoms with van der Waals surface area (Å²) in [5.41, 5.74) is 1.03. The summed E-state index contributed by atoms with van der Waals surface area (Å²) in [5, 5.41) is 4.05. The highest BCUT2D eigenvalue weighted by Crippen LogP contribution is 2.35. The highest BCUT2D eigenvalue weighted by molar-refractivity contribution is 7.84. The second-order valence-electron chi connectivity index (χ2n) is 4.59. The topological polar surface area (TPSA) is 47.6 Å². The van der Waals surface area contributed by atoms with Crippen LogP contribution in [0.5, 0.6) is 11.5 Å². The molecule has 2 atom stereocenters. The highest BCUT2D eigenvalue weighted by Gasteiger charge is 2.11. The summed E-state index contributed by atoms with van der Waals surface area (Å²) < 4.78 is 21.7. The molecule has 0 fully saturated rings. The predicted octanol–water partition coefficient (Wildman–Crippen LogP) is 2.60. The van der Waals surface area contributed by atoms with Crippen molar-refractivity contribution in [1.82, 2.24) is 5.32 Å². The third kappa shape index (κ3) is 4.96. The van der Waals surface area contributed by atoms with E-state index >= 15 is 0 Å². The van der Waals surface area contributed by atoms with Crippen LogP contribution in [-0.4, -0.2) is 36.5 Å². The predicted molar refractivity (Wildman–Crippen MR) is 84.4 cm³/mol. The Morgan fingerprint density at radius 1 is 1.35 bits per heavy atom. The van der Waals surface area contributed by atoms with Crippen molar-refractivity contribution in [3.8, 4) is 11.5 Å². The molecule has 0 heterocycles. The second-order valence-corrected chi connectivity index (χ2v) is 6.80. The van der Waals surface area contributed by atoms with Gasteiger partial charge in [-0.1, -0.05) is 18.5 Å². The molecule has 1 aromatic carbocycles. The van der Waals surface area contributed by atoms with Crippen molar-refractivity contribution in [1.29, 1.82) is 0 Å². The number of rotatable bonds is 8. The van der Waals surface area contributed by atoms with Crippen LogP contribution in [-0.2, 0) is 17.3 Å². The van der Waals surface area contributed by atoms with Crippen LogP contribution in [0.2, 0.25) is 5.02 Å². The van der Waals surface area contributed by atoms with Gasteiger partial charge in [0.15, 0.2) is 11.5 Å². The summed E-state index contributed by atoms with van der Waals surface area (Å²) in [4.78, 5) is 0. The molecular formula is C14H22ClNO3S. The van der Waals surface area contributed by atoms with Gasteiger partial charge in [-0.2, -0.15) is 0 Å². The highest BCUT2D eigenvalue weighted by atomic mass is 35.5. The molecule has 1 N–H and O–H groups in total. The van der Waals surface area contributed by atoms with E-state index < -0.39 is 10.8 Å². The lowest BCUT2D eigenvalue weighted by atomic mass is 10.2. The van der Waals surface area contributed by atoms with Gasteiger partial charge in [-0.3, -0.25) is 4.21 Å². The number of benzene rings is 1. The molecule has 0 aliphatic heterocycles. The molecular weight excluding hydrogens is 298 g/mol. The van der Waals surface area contributed by atoms with Gasteiger partial charge < -0.3 is 14.8 Å². The lowest BCUT2D eigenvalue weighted by Gasteiger charge is -2.13. The zero-order valence-electron chi connectivity index (χ0n) is 12.4. The number of methoxy groups -OCH3 is 2. The van der Waals surface area contributed by atoms with Gasteiger partial charge in [0, 0.05) is 28.9 Å². The van der Waals surface area contributed by atoms with Crippen molar-refractivity contribution in [2.75, 3.05) is 27.0 Å². The number of nitrogens with one attached hydrogen (secondary N) is 1. The Bertz CT molecular complexity index is 468. The van der Waals surface area contributed by atoms with Crippen molar-refractivity contribution in [3.63, 3.8) is 0 Å². The maximum atomic E-state index is 11.2. The van der Waals surface area contributed by atoms with Crippen LogP contribution in [0.4, 0.5) is 0 Å². The lowest BCUT2D eigenvalue weighted by Crippen LogP contribution is -2.21. The molecule has 0 aliphatic carbocycles. The quantitative estimate of drug-likeness (QED) is 0.748. The summed E-state index contributed by atoms with van der Waals surface area (Å²) >= 11 is 6.15. The molecule has 0 saturated carbocycles. The molecule has 0 aromatic heterocycles. The Morgan fingerprint density at radius 2 is 2.05 bits per heavy atom. The largest absolute Gasteiger partial charge is 0.493 e. The van der Waals surface area contributed by atoms with Gasteiger partial charge in [0.1, 0.15) is 0 Å². The maximum absolute atomic E-state index is 11.2. The molecule has 6 heteroatoms. The first kappa shape index (κ1) is 17.3. The molecule has 4 nitrogen and oxygen atoms in total. The number of hydrogen-bond acceptors (Lipinski definition) is 4. The van der Waals surface area contributed by atoms with E-state index in [9.17, 15) is 4.21 Å². The van der Waals surface area contributed by atoms with Crippen LogP contribution in [0.25, 0.3) is 0 Å². The smallest absolute Gasteiger partial charge is 0.179 e. The minimum atomic E-state index is -0.769. The molecule has 0 amide bonds. The second kappa shape index (κ2) is 8.49. The van der Waals surface area contributed by atoms with Gasteiger partial charge in [-0.15, -0.1) is 0 Å².